The lowest BCUT2D eigenvalue weighted by molar-refractivity contribution is -0.137. The van der Waals surface area contributed by atoms with Crippen LogP contribution in [0.2, 0.25) is 0 Å². The lowest BCUT2D eigenvalue weighted by atomic mass is 10.1. The molecule has 0 saturated carbocycles. The van der Waals surface area contributed by atoms with Crippen molar-refractivity contribution in [3.63, 3.8) is 0 Å². The van der Waals surface area contributed by atoms with Gasteiger partial charge in [0.05, 0.1) is 18.0 Å². The molecule has 2 heterocycles. The van der Waals surface area contributed by atoms with Crippen LogP contribution in [0, 0.1) is 0 Å². The molecule has 3 rings (SSSR count). The topological polar surface area (TPSA) is 79.3 Å². The smallest absolute Gasteiger partial charge is 0.305 e. The number of nitrogens with zero attached hydrogens (tertiary/aromatic N) is 1. The van der Waals surface area contributed by atoms with Crippen molar-refractivity contribution < 1.29 is 14.7 Å². The third kappa shape index (κ3) is 3.54. The van der Waals surface area contributed by atoms with Crippen LogP contribution in [-0.4, -0.2) is 22.0 Å². The fourth-order valence-corrected chi connectivity index (χ4v) is 3.12. The van der Waals surface area contributed by atoms with Gasteiger partial charge in [0.25, 0.3) is 5.91 Å². The number of benzene rings is 1. The van der Waals surface area contributed by atoms with Crippen LogP contribution < -0.4 is 5.32 Å². The van der Waals surface area contributed by atoms with Gasteiger partial charge < -0.3 is 10.4 Å². The van der Waals surface area contributed by atoms with E-state index in [9.17, 15) is 9.59 Å². The van der Waals surface area contributed by atoms with Crippen LogP contribution in [-0.2, 0) is 4.79 Å². The van der Waals surface area contributed by atoms with Crippen LogP contribution in [0.1, 0.15) is 27.7 Å². The lowest BCUT2D eigenvalue weighted by Crippen LogP contribution is -2.29. The van der Waals surface area contributed by atoms with Crippen LogP contribution in [0.5, 0.6) is 0 Å². The first kappa shape index (κ1) is 15.2. The minimum atomic E-state index is -0.952. The van der Waals surface area contributed by atoms with Gasteiger partial charge in [0.1, 0.15) is 0 Å². The average molecular weight is 326 g/mol. The average Bonchev–Trinajstić information content (AvgIpc) is 3.07. The molecule has 6 heteroatoms. The summed E-state index contributed by atoms with van der Waals surface area (Å²) in [5, 5.41) is 14.6. The predicted octanol–water partition coefficient (Wildman–Crippen LogP) is 3.24. The second-order valence-corrected chi connectivity index (χ2v) is 6.03. The van der Waals surface area contributed by atoms with E-state index >= 15 is 0 Å². The van der Waals surface area contributed by atoms with Crippen LogP contribution in [0.25, 0.3) is 10.9 Å². The first-order valence-electron chi connectivity index (χ1n) is 7.04. The summed E-state index contributed by atoms with van der Waals surface area (Å²) in [7, 11) is 0. The second kappa shape index (κ2) is 6.58. The maximum Gasteiger partial charge on any atom is 0.305 e. The van der Waals surface area contributed by atoms with Gasteiger partial charge in [-0.25, -0.2) is 0 Å². The number of aliphatic carboxylic acids is 1. The highest BCUT2D eigenvalue weighted by molar-refractivity contribution is 7.10. The molecule has 1 atom stereocenters. The summed E-state index contributed by atoms with van der Waals surface area (Å²) in [6, 6.07) is 12.0. The number of carbonyl (C=O) groups excluding carboxylic acids is 1. The molecule has 0 aliphatic carbocycles. The fourth-order valence-electron chi connectivity index (χ4n) is 2.35. The van der Waals surface area contributed by atoms with Crippen LogP contribution in [0.3, 0.4) is 0 Å². The summed E-state index contributed by atoms with van der Waals surface area (Å²) in [5.41, 5.74) is 1.29. The van der Waals surface area contributed by atoms with E-state index in [0.717, 1.165) is 15.8 Å². The second-order valence-electron chi connectivity index (χ2n) is 5.05. The summed E-state index contributed by atoms with van der Waals surface area (Å²) in [6.45, 7) is 0. The van der Waals surface area contributed by atoms with Gasteiger partial charge in [0.15, 0.2) is 0 Å². The number of nitrogens with one attached hydrogen (secondary N) is 1. The Kier molecular flexibility index (Phi) is 4.34. The van der Waals surface area contributed by atoms with Crippen molar-refractivity contribution in [2.75, 3.05) is 0 Å². The van der Waals surface area contributed by atoms with Crippen molar-refractivity contribution in [2.45, 2.75) is 12.5 Å². The predicted molar refractivity (Wildman–Crippen MR) is 88.5 cm³/mol. The monoisotopic (exact) mass is 326 g/mol. The van der Waals surface area contributed by atoms with Crippen molar-refractivity contribution in [3.8, 4) is 0 Å². The number of carboxylic acids is 1. The molecule has 0 radical (unpaired) electrons. The zero-order chi connectivity index (χ0) is 16.2. The molecule has 0 fully saturated rings. The van der Waals surface area contributed by atoms with Crippen molar-refractivity contribution in [1.82, 2.24) is 10.3 Å². The number of carboxylic acid groups (broad SMARTS) is 1. The Morgan fingerprint density at radius 3 is 2.83 bits per heavy atom. The van der Waals surface area contributed by atoms with Crippen molar-refractivity contribution >= 4 is 34.1 Å². The van der Waals surface area contributed by atoms with Crippen LogP contribution >= 0.6 is 11.3 Å². The molecule has 2 aromatic heterocycles. The van der Waals surface area contributed by atoms with Gasteiger partial charge in [-0.1, -0.05) is 12.1 Å². The maximum atomic E-state index is 12.5. The van der Waals surface area contributed by atoms with Gasteiger partial charge in [-0.2, -0.15) is 0 Å². The number of carbonyl (C=O) groups is 2. The van der Waals surface area contributed by atoms with Gasteiger partial charge in [-0.3, -0.25) is 14.6 Å². The van der Waals surface area contributed by atoms with Crippen LogP contribution in [0.15, 0.2) is 54.0 Å². The molecule has 116 valence electrons. The fraction of sp³-hybridized carbons (Fsp3) is 0.118. The Hall–Kier alpha value is -2.73. The Bertz CT molecular complexity index is 846. The molecular formula is C17H14N2O3S. The molecule has 1 amide bonds. The third-order valence-corrected chi connectivity index (χ3v) is 4.42. The first-order valence-corrected chi connectivity index (χ1v) is 7.92. The van der Waals surface area contributed by atoms with E-state index in [1.165, 1.54) is 11.3 Å². The van der Waals surface area contributed by atoms with E-state index in [1.807, 2.05) is 29.6 Å². The van der Waals surface area contributed by atoms with E-state index in [0.29, 0.717) is 5.56 Å². The number of rotatable bonds is 5. The molecule has 5 nitrogen and oxygen atoms in total. The van der Waals surface area contributed by atoms with Crippen LogP contribution in [0.4, 0.5) is 0 Å². The van der Waals surface area contributed by atoms with Gasteiger partial charge in [-0.15, -0.1) is 11.3 Å². The highest BCUT2D eigenvalue weighted by Gasteiger charge is 2.19. The molecule has 23 heavy (non-hydrogen) atoms. The highest BCUT2D eigenvalue weighted by Crippen LogP contribution is 2.23. The standard InChI is InChI=1S/C17H14N2O3S/c20-16(21)10-14(15-4-2-8-23-15)19-17(22)12-5-6-13-11(9-12)3-1-7-18-13/h1-9,14H,10H2,(H,19,22)(H,20,21). The van der Waals surface area contributed by atoms with Gasteiger partial charge >= 0.3 is 5.97 Å². The first-order chi connectivity index (χ1) is 11.1. The Morgan fingerprint density at radius 1 is 1.22 bits per heavy atom. The quantitative estimate of drug-likeness (QED) is 0.754. The largest absolute Gasteiger partial charge is 0.481 e. The summed E-state index contributed by atoms with van der Waals surface area (Å²) >= 11 is 1.42. The number of pyridine rings is 1. The summed E-state index contributed by atoms with van der Waals surface area (Å²) in [6.07, 6.45) is 1.54. The highest BCUT2D eigenvalue weighted by atomic mass is 32.1. The Balaban J connectivity index is 1.83. The van der Waals surface area contributed by atoms with Gasteiger partial charge in [0, 0.05) is 22.0 Å². The number of fused-ring (bicyclic) bond motifs is 1. The normalized spacial score (nSPS) is 12.0. The van der Waals surface area contributed by atoms with Crippen molar-refractivity contribution in [3.05, 3.63) is 64.5 Å². The number of thiophene rings is 1. The molecule has 2 N–H and O–H groups in total. The zero-order valence-corrected chi connectivity index (χ0v) is 12.9. The molecule has 1 aromatic carbocycles. The Morgan fingerprint density at radius 2 is 2.09 bits per heavy atom. The SMILES string of the molecule is O=C(O)CC(NC(=O)c1ccc2ncccc2c1)c1cccs1. The number of hydrogen-bond donors (Lipinski definition) is 2. The van der Waals surface area contributed by atoms with E-state index in [4.69, 9.17) is 5.11 Å². The number of aromatic nitrogens is 1. The Labute approximate surface area is 136 Å². The maximum absolute atomic E-state index is 12.5. The molecule has 0 aliphatic heterocycles. The molecule has 1 unspecified atom stereocenters. The number of hydrogen-bond acceptors (Lipinski definition) is 4. The third-order valence-electron chi connectivity index (χ3n) is 3.44. The zero-order valence-electron chi connectivity index (χ0n) is 12.1. The molecule has 3 aromatic rings. The van der Waals surface area contributed by atoms with E-state index < -0.39 is 12.0 Å². The number of amides is 1. The van der Waals surface area contributed by atoms with E-state index in [2.05, 4.69) is 10.3 Å². The molecular weight excluding hydrogens is 312 g/mol. The minimum Gasteiger partial charge on any atom is -0.481 e. The van der Waals surface area contributed by atoms with Crippen molar-refractivity contribution in [1.29, 1.82) is 0 Å². The van der Waals surface area contributed by atoms with E-state index in [1.54, 1.807) is 24.4 Å². The summed E-state index contributed by atoms with van der Waals surface area (Å²) in [4.78, 5) is 28.5. The lowest BCUT2D eigenvalue weighted by Gasteiger charge is -2.15. The van der Waals surface area contributed by atoms with Crippen molar-refractivity contribution in [2.24, 2.45) is 0 Å². The summed E-state index contributed by atoms with van der Waals surface area (Å²) in [5.74, 6) is -1.25. The summed E-state index contributed by atoms with van der Waals surface area (Å²) < 4.78 is 0. The minimum absolute atomic E-state index is 0.151. The van der Waals surface area contributed by atoms with Gasteiger partial charge in [0.2, 0.25) is 0 Å². The molecule has 0 aliphatic rings. The molecule has 0 spiro atoms. The molecule has 0 bridgehead atoms. The molecule has 0 saturated heterocycles. The van der Waals surface area contributed by atoms with Gasteiger partial charge in [-0.05, 0) is 35.7 Å². The van der Waals surface area contributed by atoms with E-state index in [-0.39, 0.29) is 12.3 Å².